The van der Waals surface area contributed by atoms with Gasteiger partial charge in [-0.3, -0.25) is 0 Å². The normalized spacial score (nSPS) is 15.5. The molecule has 0 radical (unpaired) electrons. The van der Waals surface area contributed by atoms with Crippen molar-refractivity contribution in [3.8, 4) is 5.75 Å². The summed E-state index contributed by atoms with van der Waals surface area (Å²) in [5.41, 5.74) is -0.404. The summed E-state index contributed by atoms with van der Waals surface area (Å²) in [6, 6.07) is 3.37. The van der Waals surface area contributed by atoms with Gasteiger partial charge in [0.25, 0.3) is 0 Å². The van der Waals surface area contributed by atoms with Crippen LogP contribution in [-0.2, 0) is 10.0 Å². The van der Waals surface area contributed by atoms with E-state index in [1.54, 1.807) is 0 Å². The van der Waals surface area contributed by atoms with E-state index in [1.807, 2.05) is 6.92 Å². The summed E-state index contributed by atoms with van der Waals surface area (Å²) in [7, 11) is -3.71. The Balaban J connectivity index is 2.42. The van der Waals surface area contributed by atoms with Gasteiger partial charge >= 0.3 is 5.97 Å². The fourth-order valence-corrected chi connectivity index (χ4v) is 3.87. The number of carboxylic acid groups (broad SMARTS) is 1. The van der Waals surface area contributed by atoms with Crippen molar-refractivity contribution in [1.82, 2.24) is 4.31 Å². The molecule has 0 atom stereocenters. The van der Waals surface area contributed by atoms with Gasteiger partial charge in [0.15, 0.2) is 0 Å². The highest BCUT2D eigenvalue weighted by molar-refractivity contribution is 7.89. The predicted molar refractivity (Wildman–Crippen MR) is 72.3 cm³/mol. The minimum atomic E-state index is -3.71. The average Bonchev–Trinajstić information content (AvgIpc) is 3.19. The molecule has 7 heteroatoms. The zero-order valence-corrected chi connectivity index (χ0v) is 11.9. The number of hydrogen-bond acceptors (Lipinski definition) is 4. The van der Waals surface area contributed by atoms with E-state index in [2.05, 4.69) is 0 Å². The van der Waals surface area contributed by atoms with Crippen molar-refractivity contribution in [2.45, 2.75) is 37.1 Å². The molecular formula is C13H17NO5S. The van der Waals surface area contributed by atoms with E-state index >= 15 is 0 Å². The van der Waals surface area contributed by atoms with Gasteiger partial charge in [0, 0.05) is 12.6 Å². The summed E-state index contributed by atoms with van der Waals surface area (Å²) in [4.78, 5) is 10.9. The molecule has 0 bridgehead atoms. The predicted octanol–water partition coefficient (Wildman–Crippen LogP) is 1.65. The van der Waals surface area contributed by atoms with Crippen molar-refractivity contribution >= 4 is 16.0 Å². The lowest BCUT2D eigenvalue weighted by atomic mass is 10.2. The smallest absolute Gasteiger partial charge is 0.339 e. The number of aromatic hydroxyl groups is 1. The van der Waals surface area contributed by atoms with Crippen molar-refractivity contribution in [1.29, 1.82) is 0 Å². The van der Waals surface area contributed by atoms with Gasteiger partial charge in [-0.1, -0.05) is 6.92 Å². The van der Waals surface area contributed by atoms with Gasteiger partial charge < -0.3 is 10.2 Å². The molecule has 1 aromatic rings. The van der Waals surface area contributed by atoms with Crippen LogP contribution in [0.25, 0.3) is 0 Å². The van der Waals surface area contributed by atoms with E-state index in [-0.39, 0.29) is 10.9 Å². The van der Waals surface area contributed by atoms with Crippen molar-refractivity contribution in [3.63, 3.8) is 0 Å². The van der Waals surface area contributed by atoms with Crippen LogP contribution in [0.4, 0.5) is 0 Å². The summed E-state index contributed by atoms with van der Waals surface area (Å²) >= 11 is 0. The monoisotopic (exact) mass is 299 g/mol. The van der Waals surface area contributed by atoms with Gasteiger partial charge in [-0.25, -0.2) is 13.2 Å². The fourth-order valence-electron chi connectivity index (χ4n) is 2.06. The van der Waals surface area contributed by atoms with Crippen LogP contribution in [0.2, 0.25) is 0 Å². The zero-order valence-electron chi connectivity index (χ0n) is 11.1. The van der Waals surface area contributed by atoms with Crippen molar-refractivity contribution in [2.24, 2.45) is 0 Å². The molecule has 2 N–H and O–H groups in total. The van der Waals surface area contributed by atoms with Crippen LogP contribution in [0.15, 0.2) is 23.1 Å². The Bertz CT molecular complexity index is 622. The van der Waals surface area contributed by atoms with E-state index in [0.717, 1.165) is 25.0 Å². The Labute approximate surface area is 117 Å². The lowest BCUT2D eigenvalue weighted by Crippen LogP contribution is -2.33. The number of carbonyl (C=O) groups is 1. The van der Waals surface area contributed by atoms with Crippen molar-refractivity contribution in [2.75, 3.05) is 6.54 Å². The van der Waals surface area contributed by atoms with Gasteiger partial charge in [-0.15, -0.1) is 0 Å². The van der Waals surface area contributed by atoms with Gasteiger partial charge in [-0.2, -0.15) is 4.31 Å². The molecule has 1 aromatic carbocycles. The minimum Gasteiger partial charge on any atom is -0.507 e. The van der Waals surface area contributed by atoms with E-state index in [9.17, 15) is 18.3 Å². The second-order valence-corrected chi connectivity index (χ2v) is 6.72. The van der Waals surface area contributed by atoms with Gasteiger partial charge in [0.05, 0.1) is 4.90 Å². The summed E-state index contributed by atoms with van der Waals surface area (Å²) in [5.74, 6) is -1.79. The van der Waals surface area contributed by atoms with Gasteiger partial charge in [0.1, 0.15) is 11.3 Å². The van der Waals surface area contributed by atoms with Crippen molar-refractivity contribution in [3.05, 3.63) is 23.8 Å². The topological polar surface area (TPSA) is 94.9 Å². The lowest BCUT2D eigenvalue weighted by molar-refractivity contribution is 0.0693. The standard InChI is InChI=1S/C13H17NO5S/c1-2-7-14(9-3-4-9)20(18,19)10-5-6-12(15)11(8-10)13(16)17/h5-6,8-9,15H,2-4,7H2,1H3,(H,16,17). The first-order chi connectivity index (χ1) is 9.37. The molecule has 110 valence electrons. The quantitative estimate of drug-likeness (QED) is 0.833. The van der Waals surface area contributed by atoms with Crippen LogP contribution in [0.5, 0.6) is 5.75 Å². The molecule has 0 amide bonds. The summed E-state index contributed by atoms with van der Waals surface area (Å²) in [5, 5.41) is 18.4. The van der Waals surface area contributed by atoms with Crippen LogP contribution < -0.4 is 0 Å². The average molecular weight is 299 g/mol. The largest absolute Gasteiger partial charge is 0.507 e. The molecule has 1 saturated carbocycles. The molecule has 0 saturated heterocycles. The molecule has 2 rings (SSSR count). The first kappa shape index (κ1) is 14.8. The highest BCUT2D eigenvalue weighted by Gasteiger charge is 2.37. The number of sulfonamides is 1. The zero-order chi connectivity index (χ0) is 14.9. The van der Waals surface area contributed by atoms with Crippen molar-refractivity contribution < 1.29 is 23.4 Å². The highest BCUT2D eigenvalue weighted by atomic mass is 32.2. The molecule has 6 nitrogen and oxygen atoms in total. The molecule has 0 unspecified atom stereocenters. The number of nitrogens with zero attached hydrogens (tertiary/aromatic N) is 1. The number of rotatable bonds is 6. The Morgan fingerprint density at radius 3 is 2.55 bits per heavy atom. The maximum absolute atomic E-state index is 12.5. The first-order valence-electron chi connectivity index (χ1n) is 6.46. The molecule has 0 aromatic heterocycles. The summed E-state index contributed by atoms with van der Waals surface area (Å²) in [6.07, 6.45) is 2.37. The Hall–Kier alpha value is -1.60. The third-order valence-electron chi connectivity index (χ3n) is 3.20. The Morgan fingerprint density at radius 1 is 1.40 bits per heavy atom. The van der Waals surface area contributed by atoms with Crippen LogP contribution in [0.1, 0.15) is 36.5 Å². The molecule has 1 aliphatic rings. The summed E-state index contributed by atoms with van der Waals surface area (Å²) in [6.45, 7) is 2.31. The van der Waals surface area contributed by atoms with Crippen LogP contribution in [0, 0.1) is 0 Å². The number of carboxylic acids is 1. The molecule has 0 spiro atoms. The molecule has 0 heterocycles. The van der Waals surface area contributed by atoms with Gasteiger partial charge in [0.2, 0.25) is 10.0 Å². The Kier molecular flexibility index (Phi) is 4.01. The molecular weight excluding hydrogens is 282 g/mol. The maximum atomic E-state index is 12.5. The summed E-state index contributed by atoms with van der Waals surface area (Å²) < 4.78 is 26.5. The second kappa shape index (κ2) is 5.41. The van der Waals surface area contributed by atoms with E-state index in [4.69, 9.17) is 5.11 Å². The maximum Gasteiger partial charge on any atom is 0.339 e. The van der Waals surface area contributed by atoms with Crippen LogP contribution >= 0.6 is 0 Å². The molecule has 1 aliphatic carbocycles. The number of benzene rings is 1. The van der Waals surface area contributed by atoms with Gasteiger partial charge in [-0.05, 0) is 37.5 Å². The van der Waals surface area contributed by atoms with E-state index in [0.29, 0.717) is 13.0 Å². The second-order valence-electron chi connectivity index (χ2n) is 4.83. The Morgan fingerprint density at radius 2 is 2.05 bits per heavy atom. The third-order valence-corrected chi connectivity index (χ3v) is 5.15. The number of phenols is 1. The SMILES string of the molecule is CCCN(C1CC1)S(=O)(=O)c1ccc(O)c(C(=O)O)c1. The van der Waals surface area contributed by atoms with E-state index < -0.39 is 27.3 Å². The molecule has 0 aliphatic heterocycles. The number of hydrogen-bond donors (Lipinski definition) is 2. The highest BCUT2D eigenvalue weighted by Crippen LogP contribution is 2.33. The molecule has 1 fully saturated rings. The lowest BCUT2D eigenvalue weighted by Gasteiger charge is -2.21. The van der Waals surface area contributed by atoms with Crippen LogP contribution in [-0.4, -0.2) is 41.5 Å². The fraction of sp³-hybridized carbons (Fsp3) is 0.462. The third kappa shape index (κ3) is 2.78. The van der Waals surface area contributed by atoms with Crippen LogP contribution in [0.3, 0.4) is 0 Å². The van der Waals surface area contributed by atoms with E-state index in [1.165, 1.54) is 10.4 Å². The first-order valence-corrected chi connectivity index (χ1v) is 7.90. The molecule has 20 heavy (non-hydrogen) atoms. The number of aromatic carboxylic acids is 1. The minimum absolute atomic E-state index is 0.0158.